The number of benzene rings is 1. The first-order chi connectivity index (χ1) is 13.3. The molecule has 2 saturated heterocycles. The summed E-state index contributed by atoms with van der Waals surface area (Å²) in [5, 5.41) is 3.09. The summed E-state index contributed by atoms with van der Waals surface area (Å²) in [5.41, 5.74) is 2.71. The molecular weight excluding hydrogens is 336 g/mol. The first kappa shape index (κ1) is 18.0. The maximum atomic E-state index is 12.3. The minimum Gasteiger partial charge on any atom is -0.337 e. The molecule has 5 heteroatoms. The van der Waals surface area contributed by atoms with Gasteiger partial charge in [-0.05, 0) is 48.6 Å². The molecule has 3 heterocycles. The van der Waals surface area contributed by atoms with Gasteiger partial charge in [-0.1, -0.05) is 30.3 Å². The van der Waals surface area contributed by atoms with Gasteiger partial charge in [0, 0.05) is 51.0 Å². The van der Waals surface area contributed by atoms with Gasteiger partial charge in [-0.2, -0.15) is 0 Å². The van der Waals surface area contributed by atoms with Crippen LogP contribution in [0.3, 0.4) is 0 Å². The molecule has 2 fully saturated rings. The molecule has 1 aromatic carbocycles. The van der Waals surface area contributed by atoms with Crippen molar-refractivity contribution >= 4 is 6.03 Å². The Labute approximate surface area is 161 Å². The van der Waals surface area contributed by atoms with E-state index in [9.17, 15) is 4.79 Å². The van der Waals surface area contributed by atoms with Gasteiger partial charge < -0.3 is 15.1 Å². The first-order valence-electron chi connectivity index (χ1n) is 9.99. The van der Waals surface area contributed by atoms with Crippen LogP contribution in [0.5, 0.6) is 0 Å². The SMILES string of the molecule is O=C(NCCN1CCC[C@@H](c2ccccc2)C1)N1CC(c2ccncc2)C1. The minimum absolute atomic E-state index is 0.0666. The molecule has 4 rings (SSSR count). The number of likely N-dealkylation sites (tertiary alicyclic amines) is 2. The van der Waals surface area contributed by atoms with Gasteiger partial charge in [-0.15, -0.1) is 0 Å². The fourth-order valence-electron chi connectivity index (χ4n) is 4.18. The van der Waals surface area contributed by atoms with Crippen molar-refractivity contribution in [1.82, 2.24) is 20.1 Å². The number of pyridine rings is 1. The zero-order valence-corrected chi connectivity index (χ0v) is 15.8. The number of amides is 2. The van der Waals surface area contributed by atoms with Gasteiger partial charge in [0.1, 0.15) is 0 Å². The Morgan fingerprint density at radius 3 is 2.52 bits per heavy atom. The third-order valence-electron chi connectivity index (χ3n) is 5.83. The summed E-state index contributed by atoms with van der Waals surface area (Å²) in [4.78, 5) is 20.7. The van der Waals surface area contributed by atoms with E-state index in [1.165, 1.54) is 24.0 Å². The molecule has 1 aromatic heterocycles. The average Bonchev–Trinajstić information content (AvgIpc) is 2.69. The van der Waals surface area contributed by atoms with Crippen LogP contribution in [0.4, 0.5) is 4.79 Å². The minimum atomic E-state index is 0.0666. The first-order valence-corrected chi connectivity index (χ1v) is 9.99. The zero-order valence-electron chi connectivity index (χ0n) is 15.8. The molecule has 1 atom stereocenters. The van der Waals surface area contributed by atoms with Crippen LogP contribution in [0.2, 0.25) is 0 Å². The maximum absolute atomic E-state index is 12.3. The summed E-state index contributed by atoms with van der Waals surface area (Å²) in [7, 11) is 0. The number of hydrogen-bond acceptors (Lipinski definition) is 3. The summed E-state index contributed by atoms with van der Waals surface area (Å²) in [6, 6.07) is 14.9. The monoisotopic (exact) mass is 364 g/mol. The Morgan fingerprint density at radius 1 is 1.00 bits per heavy atom. The molecule has 2 amide bonds. The molecule has 27 heavy (non-hydrogen) atoms. The van der Waals surface area contributed by atoms with E-state index in [2.05, 4.69) is 45.5 Å². The van der Waals surface area contributed by atoms with Crippen molar-refractivity contribution in [1.29, 1.82) is 0 Å². The summed E-state index contributed by atoms with van der Waals surface area (Å²) >= 11 is 0. The third kappa shape index (κ3) is 4.48. The van der Waals surface area contributed by atoms with Crippen LogP contribution in [0.1, 0.15) is 35.8 Å². The van der Waals surface area contributed by atoms with E-state index in [-0.39, 0.29) is 6.03 Å². The van der Waals surface area contributed by atoms with Crippen LogP contribution >= 0.6 is 0 Å². The molecule has 0 saturated carbocycles. The Hall–Kier alpha value is -2.40. The van der Waals surface area contributed by atoms with E-state index < -0.39 is 0 Å². The molecule has 1 N–H and O–H groups in total. The standard InChI is InChI=1S/C22H28N4O/c27-22(26-16-21(17-26)19-8-10-23-11-9-19)24-12-14-25-13-4-7-20(15-25)18-5-2-1-3-6-18/h1-3,5-6,8-11,20-21H,4,7,12-17H2,(H,24,27)/t20-/m1/s1. The zero-order chi connectivity index (χ0) is 18.5. The van der Waals surface area contributed by atoms with Gasteiger partial charge in [0.25, 0.3) is 0 Å². The smallest absolute Gasteiger partial charge is 0.317 e. The number of nitrogens with one attached hydrogen (secondary N) is 1. The summed E-state index contributed by atoms with van der Waals surface area (Å²) in [6.07, 6.45) is 6.13. The lowest BCUT2D eigenvalue weighted by Gasteiger charge is -2.39. The molecule has 2 aromatic rings. The number of rotatable bonds is 5. The van der Waals surface area contributed by atoms with E-state index in [0.29, 0.717) is 11.8 Å². The second-order valence-corrected chi connectivity index (χ2v) is 7.66. The molecule has 0 radical (unpaired) electrons. The number of aromatic nitrogens is 1. The highest BCUT2D eigenvalue weighted by Crippen LogP contribution is 2.27. The quantitative estimate of drug-likeness (QED) is 0.887. The second-order valence-electron chi connectivity index (χ2n) is 7.66. The van der Waals surface area contributed by atoms with Crippen molar-refractivity contribution in [3.8, 4) is 0 Å². The molecule has 0 spiro atoms. The second kappa shape index (κ2) is 8.53. The predicted octanol–water partition coefficient (Wildman–Crippen LogP) is 3.07. The topological polar surface area (TPSA) is 48.5 Å². The number of carbonyl (C=O) groups excluding carboxylic acids is 1. The van der Waals surface area contributed by atoms with Gasteiger partial charge >= 0.3 is 6.03 Å². The van der Waals surface area contributed by atoms with Crippen molar-refractivity contribution in [2.45, 2.75) is 24.7 Å². The van der Waals surface area contributed by atoms with Gasteiger partial charge in [-0.3, -0.25) is 4.98 Å². The Morgan fingerprint density at radius 2 is 1.74 bits per heavy atom. The molecule has 142 valence electrons. The fraction of sp³-hybridized carbons (Fsp3) is 0.455. The number of carbonyl (C=O) groups is 1. The highest BCUT2D eigenvalue weighted by Gasteiger charge is 2.31. The fourth-order valence-corrected chi connectivity index (χ4v) is 4.18. The van der Waals surface area contributed by atoms with E-state index in [1.54, 1.807) is 0 Å². The van der Waals surface area contributed by atoms with Crippen molar-refractivity contribution in [3.05, 3.63) is 66.0 Å². The van der Waals surface area contributed by atoms with Crippen LogP contribution in [-0.2, 0) is 0 Å². The summed E-state index contributed by atoms with van der Waals surface area (Å²) in [6.45, 7) is 5.47. The molecule has 0 unspecified atom stereocenters. The Kier molecular flexibility index (Phi) is 5.68. The largest absolute Gasteiger partial charge is 0.337 e. The highest BCUT2D eigenvalue weighted by molar-refractivity contribution is 5.75. The molecule has 0 aliphatic carbocycles. The summed E-state index contributed by atoms with van der Waals surface area (Å²) in [5.74, 6) is 1.07. The van der Waals surface area contributed by atoms with Crippen molar-refractivity contribution in [3.63, 3.8) is 0 Å². The van der Waals surface area contributed by atoms with Crippen LogP contribution in [0.25, 0.3) is 0 Å². The van der Waals surface area contributed by atoms with Gasteiger partial charge in [-0.25, -0.2) is 4.79 Å². The maximum Gasteiger partial charge on any atom is 0.317 e. The van der Waals surface area contributed by atoms with E-state index in [0.717, 1.165) is 39.3 Å². The van der Waals surface area contributed by atoms with Crippen molar-refractivity contribution in [2.24, 2.45) is 0 Å². The third-order valence-corrected chi connectivity index (χ3v) is 5.83. The molecule has 2 aliphatic rings. The van der Waals surface area contributed by atoms with Crippen LogP contribution in [0.15, 0.2) is 54.9 Å². The van der Waals surface area contributed by atoms with Crippen molar-refractivity contribution in [2.75, 3.05) is 39.3 Å². The van der Waals surface area contributed by atoms with Crippen molar-refractivity contribution < 1.29 is 4.79 Å². The summed E-state index contributed by atoms with van der Waals surface area (Å²) < 4.78 is 0. The van der Waals surface area contributed by atoms with Crippen LogP contribution in [0, 0.1) is 0 Å². The van der Waals surface area contributed by atoms with Gasteiger partial charge in [0.2, 0.25) is 0 Å². The van der Waals surface area contributed by atoms with E-state index >= 15 is 0 Å². The normalized spacial score (nSPS) is 20.9. The van der Waals surface area contributed by atoms with Crippen LogP contribution in [-0.4, -0.2) is 60.1 Å². The van der Waals surface area contributed by atoms with E-state index in [4.69, 9.17) is 0 Å². The van der Waals surface area contributed by atoms with Crippen LogP contribution < -0.4 is 5.32 Å². The van der Waals surface area contributed by atoms with E-state index in [1.807, 2.05) is 29.4 Å². The van der Waals surface area contributed by atoms with Gasteiger partial charge in [0.15, 0.2) is 0 Å². The highest BCUT2D eigenvalue weighted by atomic mass is 16.2. The predicted molar refractivity (Wildman–Crippen MR) is 107 cm³/mol. The molecule has 2 aliphatic heterocycles. The average molecular weight is 364 g/mol. The molecule has 0 bridgehead atoms. The number of piperidine rings is 1. The lowest BCUT2D eigenvalue weighted by molar-refractivity contribution is 0.148. The lowest BCUT2D eigenvalue weighted by atomic mass is 9.91. The number of nitrogens with zero attached hydrogens (tertiary/aromatic N) is 3. The Bertz CT molecular complexity index is 730. The number of urea groups is 1. The molecular formula is C22H28N4O. The van der Waals surface area contributed by atoms with Gasteiger partial charge in [0.05, 0.1) is 0 Å². The molecule has 5 nitrogen and oxygen atoms in total. The Balaban J connectivity index is 1.17. The number of hydrogen-bond donors (Lipinski definition) is 1. The lowest BCUT2D eigenvalue weighted by Crippen LogP contribution is -2.53.